The highest BCUT2D eigenvalue weighted by atomic mass is 32.2. The van der Waals surface area contributed by atoms with Gasteiger partial charge in [0.2, 0.25) is 15.9 Å². The number of carbonyl (C=O) groups is 1. The molecular weight excluding hydrogens is 427 g/mol. The number of sulfonamides is 1. The van der Waals surface area contributed by atoms with Gasteiger partial charge in [-0.15, -0.1) is 0 Å². The van der Waals surface area contributed by atoms with Crippen LogP contribution < -0.4 is 10.6 Å². The Morgan fingerprint density at radius 1 is 1.10 bits per heavy atom. The van der Waals surface area contributed by atoms with Crippen LogP contribution in [0.5, 0.6) is 0 Å². The number of anilines is 1. The number of hydrogen-bond donors (Lipinski definition) is 2. The maximum absolute atomic E-state index is 13.0. The summed E-state index contributed by atoms with van der Waals surface area (Å²) in [6, 6.07) is 10.9. The Balaban J connectivity index is 1.45. The second-order valence-electron chi connectivity index (χ2n) is 7.12. The molecule has 0 radical (unpaired) electrons. The number of nitrogens with one attached hydrogen (secondary N) is 2. The predicted octanol–water partition coefficient (Wildman–Crippen LogP) is 2.36. The second kappa shape index (κ2) is 9.84. The molecule has 1 aliphatic rings. The van der Waals surface area contributed by atoms with Gasteiger partial charge in [0.05, 0.1) is 9.82 Å². The van der Waals surface area contributed by atoms with Crippen LogP contribution in [0, 0.1) is 21.8 Å². The summed E-state index contributed by atoms with van der Waals surface area (Å²) in [5.41, 5.74) is 0.338. The molecule has 0 atom stereocenters. The van der Waals surface area contributed by atoms with E-state index >= 15 is 0 Å². The van der Waals surface area contributed by atoms with Crippen LogP contribution >= 0.6 is 0 Å². The maximum Gasteiger partial charge on any atom is 0.292 e. The lowest BCUT2D eigenvalue weighted by molar-refractivity contribution is -0.384. The lowest BCUT2D eigenvalue weighted by Gasteiger charge is -2.30. The van der Waals surface area contributed by atoms with Crippen LogP contribution in [0.25, 0.3) is 0 Å². The van der Waals surface area contributed by atoms with Gasteiger partial charge in [-0.3, -0.25) is 14.9 Å². The molecule has 166 valence electrons. The third-order valence-electron chi connectivity index (χ3n) is 5.12. The Labute approximate surface area is 179 Å². The van der Waals surface area contributed by atoms with Crippen LogP contribution in [0.2, 0.25) is 0 Å². The fraction of sp³-hybridized carbons (Fsp3) is 0.350. The first kappa shape index (κ1) is 22.6. The van der Waals surface area contributed by atoms with E-state index in [4.69, 9.17) is 0 Å². The Morgan fingerprint density at radius 3 is 2.39 bits per heavy atom. The van der Waals surface area contributed by atoms with Gasteiger partial charge in [0.15, 0.2) is 0 Å². The van der Waals surface area contributed by atoms with Crippen LogP contribution in [-0.2, 0) is 14.8 Å². The minimum atomic E-state index is -3.72. The average Bonchev–Trinajstić information content (AvgIpc) is 2.77. The fourth-order valence-corrected chi connectivity index (χ4v) is 4.89. The van der Waals surface area contributed by atoms with Gasteiger partial charge in [-0.25, -0.2) is 12.8 Å². The third kappa shape index (κ3) is 5.56. The standard InChI is InChI=1S/C20H23FN4O5S/c21-16-5-7-17(8-6-16)31(29,30)24-13-9-15(10-14-24)20(26)23-12-11-22-18-3-1-2-4-19(18)25(27)28/h1-8,15,22H,9-14H2,(H,23,26). The van der Waals surface area contributed by atoms with Crippen molar-refractivity contribution in [1.82, 2.24) is 9.62 Å². The van der Waals surface area contributed by atoms with Crippen molar-refractivity contribution in [3.05, 3.63) is 64.5 Å². The normalized spacial score (nSPS) is 15.4. The van der Waals surface area contributed by atoms with E-state index in [0.29, 0.717) is 25.1 Å². The lowest BCUT2D eigenvalue weighted by atomic mass is 9.97. The Kier molecular flexibility index (Phi) is 7.18. The number of hydrogen-bond acceptors (Lipinski definition) is 6. The smallest absolute Gasteiger partial charge is 0.292 e. The van der Waals surface area contributed by atoms with E-state index in [9.17, 15) is 27.7 Å². The van der Waals surface area contributed by atoms with Crippen molar-refractivity contribution in [2.45, 2.75) is 17.7 Å². The number of carbonyl (C=O) groups excluding carboxylic acids is 1. The first-order valence-corrected chi connectivity index (χ1v) is 11.2. The van der Waals surface area contributed by atoms with Crippen molar-refractivity contribution in [1.29, 1.82) is 0 Å². The summed E-state index contributed by atoms with van der Waals surface area (Å²) >= 11 is 0. The van der Waals surface area contributed by atoms with Crippen molar-refractivity contribution < 1.29 is 22.5 Å². The van der Waals surface area contributed by atoms with E-state index in [2.05, 4.69) is 10.6 Å². The summed E-state index contributed by atoms with van der Waals surface area (Å²) in [6.45, 7) is 0.992. The Hall–Kier alpha value is -3.05. The van der Waals surface area contributed by atoms with Gasteiger partial charge in [-0.2, -0.15) is 4.31 Å². The third-order valence-corrected chi connectivity index (χ3v) is 7.03. The highest BCUT2D eigenvalue weighted by Crippen LogP contribution is 2.24. The van der Waals surface area contributed by atoms with Gasteiger partial charge in [-0.1, -0.05) is 12.1 Å². The highest BCUT2D eigenvalue weighted by Gasteiger charge is 2.32. The molecule has 1 amide bonds. The zero-order valence-electron chi connectivity index (χ0n) is 16.7. The lowest BCUT2D eigenvalue weighted by Crippen LogP contribution is -2.43. The zero-order chi connectivity index (χ0) is 22.4. The summed E-state index contributed by atoms with van der Waals surface area (Å²) in [5.74, 6) is -1.00. The summed E-state index contributed by atoms with van der Waals surface area (Å²) < 4.78 is 39.6. The van der Waals surface area contributed by atoms with Gasteiger partial charge in [0.1, 0.15) is 11.5 Å². The molecule has 9 nitrogen and oxygen atoms in total. The number of piperidine rings is 1. The molecular formula is C20H23FN4O5S. The number of amides is 1. The Morgan fingerprint density at radius 2 is 1.74 bits per heavy atom. The topological polar surface area (TPSA) is 122 Å². The number of nitro groups is 1. The van der Waals surface area contributed by atoms with Gasteiger partial charge in [0.25, 0.3) is 5.69 Å². The highest BCUT2D eigenvalue weighted by molar-refractivity contribution is 7.89. The van der Waals surface area contributed by atoms with Crippen LogP contribution in [-0.4, -0.2) is 49.7 Å². The Bertz CT molecular complexity index is 1040. The van der Waals surface area contributed by atoms with Gasteiger partial charge in [0, 0.05) is 38.2 Å². The quantitative estimate of drug-likeness (QED) is 0.362. The van der Waals surface area contributed by atoms with E-state index in [1.54, 1.807) is 18.2 Å². The first-order valence-electron chi connectivity index (χ1n) is 9.80. The maximum atomic E-state index is 13.0. The van der Waals surface area contributed by atoms with Crippen molar-refractivity contribution >= 4 is 27.3 Å². The minimum absolute atomic E-state index is 0.0258. The van der Waals surface area contributed by atoms with Crippen molar-refractivity contribution in [2.75, 3.05) is 31.5 Å². The number of nitro benzene ring substituents is 1. The molecule has 0 spiro atoms. The largest absolute Gasteiger partial charge is 0.378 e. The molecule has 31 heavy (non-hydrogen) atoms. The minimum Gasteiger partial charge on any atom is -0.378 e. The van der Waals surface area contributed by atoms with Crippen LogP contribution in [0.4, 0.5) is 15.8 Å². The molecule has 11 heteroatoms. The molecule has 3 rings (SSSR count). The number of halogens is 1. The van der Waals surface area contributed by atoms with Crippen LogP contribution in [0.3, 0.4) is 0 Å². The molecule has 1 saturated heterocycles. The molecule has 1 fully saturated rings. The summed E-state index contributed by atoms with van der Waals surface area (Å²) in [6.07, 6.45) is 0.758. The molecule has 0 bridgehead atoms. The molecule has 1 aliphatic heterocycles. The molecule has 0 aliphatic carbocycles. The molecule has 0 unspecified atom stereocenters. The molecule has 0 saturated carbocycles. The molecule has 2 aromatic carbocycles. The predicted molar refractivity (Wildman–Crippen MR) is 112 cm³/mol. The average molecular weight is 450 g/mol. The van der Waals surface area contributed by atoms with Gasteiger partial charge in [-0.05, 0) is 43.2 Å². The van der Waals surface area contributed by atoms with Crippen molar-refractivity contribution in [3.8, 4) is 0 Å². The first-order chi connectivity index (χ1) is 14.8. The summed E-state index contributed by atoms with van der Waals surface area (Å²) in [5, 5.41) is 16.7. The van der Waals surface area contributed by atoms with Crippen LogP contribution in [0.15, 0.2) is 53.4 Å². The van der Waals surface area contributed by atoms with Gasteiger partial charge >= 0.3 is 0 Å². The zero-order valence-corrected chi connectivity index (χ0v) is 17.5. The molecule has 2 N–H and O–H groups in total. The number of nitrogens with zero attached hydrogens (tertiary/aromatic N) is 2. The van der Waals surface area contributed by atoms with E-state index < -0.39 is 20.8 Å². The summed E-state index contributed by atoms with van der Waals surface area (Å²) in [7, 11) is -3.72. The number of benzene rings is 2. The molecule has 1 heterocycles. The summed E-state index contributed by atoms with van der Waals surface area (Å²) in [4.78, 5) is 22.9. The van der Waals surface area contributed by atoms with E-state index in [1.807, 2.05) is 0 Å². The monoisotopic (exact) mass is 450 g/mol. The molecule has 2 aromatic rings. The van der Waals surface area contributed by atoms with Gasteiger partial charge < -0.3 is 10.6 Å². The van der Waals surface area contributed by atoms with E-state index in [-0.39, 0.29) is 42.0 Å². The molecule has 0 aromatic heterocycles. The van der Waals surface area contributed by atoms with Crippen molar-refractivity contribution in [3.63, 3.8) is 0 Å². The fourth-order valence-electron chi connectivity index (χ4n) is 3.42. The van der Waals surface area contributed by atoms with E-state index in [0.717, 1.165) is 12.1 Å². The van der Waals surface area contributed by atoms with Crippen molar-refractivity contribution in [2.24, 2.45) is 5.92 Å². The SMILES string of the molecule is O=C(NCCNc1ccccc1[N+](=O)[O-])C1CCN(S(=O)(=O)c2ccc(F)cc2)CC1. The number of rotatable bonds is 8. The number of para-hydroxylation sites is 2. The second-order valence-corrected chi connectivity index (χ2v) is 9.06. The van der Waals surface area contributed by atoms with E-state index in [1.165, 1.54) is 22.5 Å². The van der Waals surface area contributed by atoms with Crippen LogP contribution in [0.1, 0.15) is 12.8 Å².